The molecule has 0 bridgehead atoms. The second-order valence-electron chi connectivity index (χ2n) is 5.15. The molecule has 0 aromatic heterocycles. The highest BCUT2D eigenvalue weighted by Crippen LogP contribution is 2.38. The lowest BCUT2D eigenvalue weighted by Gasteiger charge is -2.36. The molecule has 1 N–H and O–H groups in total. The van der Waals surface area contributed by atoms with Crippen LogP contribution in [0.1, 0.15) is 35.6 Å². The summed E-state index contributed by atoms with van der Waals surface area (Å²) in [7, 11) is 0. The summed E-state index contributed by atoms with van der Waals surface area (Å²) in [5.41, 5.74) is 4.68. The number of aliphatic hydroxyl groups excluding tert-OH is 1. The second kappa shape index (κ2) is 3.77. The van der Waals surface area contributed by atoms with Crippen LogP contribution < -0.4 is 4.74 Å². The molecule has 0 fully saturated rings. The third-order valence-electron chi connectivity index (χ3n) is 3.70. The molecule has 2 heteroatoms. The van der Waals surface area contributed by atoms with Gasteiger partial charge >= 0.3 is 0 Å². The largest absolute Gasteiger partial charge is 0.485 e. The first-order valence-electron chi connectivity index (χ1n) is 5.86. The van der Waals surface area contributed by atoms with Gasteiger partial charge in [0.05, 0.1) is 6.61 Å². The van der Waals surface area contributed by atoms with Gasteiger partial charge in [-0.15, -0.1) is 0 Å². The minimum Gasteiger partial charge on any atom is -0.485 e. The van der Waals surface area contributed by atoms with E-state index in [1.54, 1.807) is 0 Å². The van der Waals surface area contributed by atoms with Crippen LogP contribution in [-0.4, -0.2) is 17.3 Å². The standard InChI is InChI=1S/C14H20O2/c1-9-7-10(2)12-5-6-14(4,8-15)16-13(12)11(9)3/h7,15H,5-6,8H2,1-4H3/t14-/m0/s1. The maximum atomic E-state index is 9.38. The highest BCUT2D eigenvalue weighted by Gasteiger charge is 2.32. The SMILES string of the molecule is Cc1cc(C)c2c(c1C)O[C@](C)(CO)CC2. The zero-order chi connectivity index (χ0) is 11.9. The lowest BCUT2D eigenvalue weighted by Crippen LogP contribution is -2.40. The van der Waals surface area contributed by atoms with Crippen LogP contribution >= 0.6 is 0 Å². The lowest BCUT2D eigenvalue weighted by atomic mass is 9.88. The number of rotatable bonds is 1. The first kappa shape index (κ1) is 11.5. The molecule has 0 spiro atoms. The minimum atomic E-state index is -0.405. The molecule has 0 aliphatic carbocycles. The average molecular weight is 220 g/mol. The molecule has 0 amide bonds. The van der Waals surface area contributed by atoms with E-state index in [1.165, 1.54) is 22.3 Å². The van der Waals surface area contributed by atoms with Gasteiger partial charge in [0, 0.05) is 0 Å². The number of aryl methyl sites for hydroxylation is 2. The molecule has 1 aromatic rings. The maximum Gasteiger partial charge on any atom is 0.129 e. The van der Waals surface area contributed by atoms with Gasteiger partial charge in [-0.05, 0) is 62.8 Å². The number of benzene rings is 1. The number of fused-ring (bicyclic) bond motifs is 1. The molecule has 1 aromatic carbocycles. The Morgan fingerprint density at radius 1 is 1.31 bits per heavy atom. The van der Waals surface area contributed by atoms with E-state index < -0.39 is 5.60 Å². The molecule has 0 saturated carbocycles. The van der Waals surface area contributed by atoms with E-state index in [0.717, 1.165) is 18.6 Å². The first-order chi connectivity index (χ1) is 7.47. The monoisotopic (exact) mass is 220 g/mol. The topological polar surface area (TPSA) is 29.5 Å². The molecule has 2 rings (SSSR count). The quantitative estimate of drug-likeness (QED) is 0.788. The van der Waals surface area contributed by atoms with Gasteiger partial charge in [0.2, 0.25) is 0 Å². The Morgan fingerprint density at radius 3 is 2.62 bits per heavy atom. The van der Waals surface area contributed by atoms with Gasteiger partial charge in [-0.1, -0.05) is 6.07 Å². The van der Waals surface area contributed by atoms with Gasteiger partial charge in [-0.2, -0.15) is 0 Å². The van der Waals surface area contributed by atoms with Gasteiger partial charge in [-0.25, -0.2) is 0 Å². The number of hydrogen-bond donors (Lipinski definition) is 1. The third-order valence-corrected chi connectivity index (χ3v) is 3.70. The Bertz CT molecular complexity index is 423. The van der Waals surface area contributed by atoms with Crippen LogP contribution in [0.2, 0.25) is 0 Å². The summed E-state index contributed by atoms with van der Waals surface area (Å²) < 4.78 is 6.01. The summed E-state index contributed by atoms with van der Waals surface area (Å²) >= 11 is 0. The fraction of sp³-hybridized carbons (Fsp3) is 0.571. The van der Waals surface area contributed by atoms with Crippen molar-refractivity contribution in [3.63, 3.8) is 0 Å². The van der Waals surface area contributed by atoms with Crippen molar-refractivity contribution in [3.05, 3.63) is 28.3 Å². The molecule has 1 heterocycles. The van der Waals surface area contributed by atoms with Gasteiger partial charge in [-0.3, -0.25) is 0 Å². The number of aliphatic hydroxyl groups is 1. The summed E-state index contributed by atoms with van der Waals surface area (Å²) in [6.07, 6.45) is 1.89. The highest BCUT2D eigenvalue weighted by molar-refractivity contribution is 5.51. The van der Waals surface area contributed by atoms with Crippen molar-refractivity contribution >= 4 is 0 Å². The Balaban J connectivity index is 2.52. The van der Waals surface area contributed by atoms with Crippen molar-refractivity contribution in [1.82, 2.24) is 0 Å². The van der Waals surface area contributed by atoms with E-state index >= 15 is 0 Å². The van der Waals surface area contributed by atoms with E-state index in [1.807, 2.05) is 6.92 Å². The molecule has 2 nitrogen and oxygen atoms in total. The smallest absolute Gasteiger partial charge is 0.129 e. The fourth-order valence-corrected chi connectivity index (χ4v) is 2.35. The fourth-order valence-electron chi connectivity index (χ4n) is 2.35. The van der Waals surface area contributed by atoms with E-state index in [9.17, 15) is 5.11 Å². The van der Waals surface area contributed by atoms with Gasteiger partial charge in [0.25, 0.3) is 0 Å². The summed E-state index contributed by atoms with van der Waals surface area (Å²) in [4.78, 5) is 0. The van der Waals surface area contributed by atoms with Crippen LogP contribution in [0.5, 0.6) is 5.75 Å². The Morgan fingerprint density at radius 2 is 2.00 bits per heavy atom. The van der Waals surface area contributed by atoms with E-state index in [-0.39, 0.29) is 6.61 Å². The molecule has 0 radical (unpaired) electrons. The molecule has 0 saturated heterocycles. The molecule has 88 valence electrons. The molecular formula is C14H20O2. The van der Waals surface area contributed by atoms with Crippen molar-refractivity contribution in [3.8, 4) is 5.75 Å². The first-order valence-corrected chi connectivity index (χ1v) is 5.86. The summed E-state index contributed by atoms with van der Waals surface area (Å²) in [6, 6.07) is 2.22. The van der Waals surface area contributed by atoms with Crippen LogP contribution in [0.25, 0.3) is 0 Å². The van der Waals surface area contributed by atoms with E-state index in [4.69, 9.17) is 4.74 Å². The van der Waals surface area contributed by atoms with Crippen molar-refractivity contribution in [1.29, 1.82) is 0 Å². The summed E-state index contributed by atoms with van der Waals surface area (Å²) in [6.45, 7) is 8.40. The van der Waals surface area contributed by atoms with Crippen molar-refractivity contribution < 1.29 is 9.84 Å². The number of ether oxygens (including phenoxy) is 1. The van der Waals surface area contributed by atoms with Crippen LogP contribution in [0.3, 0.4) is 0 Å². The highest BCUT2D eigenvalue weighted by atomic mass is 16.5. The van der Waals surface area contributed by atoms with Crippen molar-refractivity contribution in [2.45, 2.75) is 46.1 Å². The second-order valence-corrected chi connectivity index (χ2v) is 5.15. The zero-order valence-electron chi connectivity index (χ0n) is 10.6. The molecular weight excluding hydrogens is 200 g/mol. The Kier molecular flexibility index (Phi) is 2.70. The molecule has 1 aliphatic heterocycles. The van der Waals surface area contributed by atoms with Crippen LogP contribution in [0.4, 0.5) is 0 Å². The predicted molar refractivity (Wildman–Crippen MR) is 65.1 cm³/mol. The van der Waals surface area contributed by atoms with Gasteiger partial charge in [0.1, 0.15) is 11.4 Å². The van der Waals surface area contributed by atoms with Crippen molar-refractivity contribution in [2.24, 2.45) is 0 Å². The summed E-state index contributed by atoms with van der Waals surface area (Å²) in [5, 5.41) is 9.38. The maximum absolute atomic E-state index is 9.38. The van der Waals surface area contributed by atoms with Gasteiger partial charge in [0.15, 0.2) is 0 Å². The van der Waals surface area contributed by atoms with Crippen molar-refractivity contribution in [2.75, 3.05) is 6.61 Å². The van der Waals surface area contributed by atoms with Crippen LogP contribution in [0.15, 0.2) is 6.07 Å². The van der Waals surface area contributed by atoms with E-state index in [0.29, 0.717) is 0 Å². The Hall–Kier alpha value is -1.02. The third kappa shape index (κ3) is 1.71. The summed E-state index contributed by atoms with van der Waals surface area (Å²) in [5.74, 6) is 1.00. The minimum absolute atomic E-state index is 0.0822. The number of hydrogen-bond acceptors (Lipinski definition) is 2. The molecule has 16 heavy (non-hydrogen) atoms. The zero-order valence-corrected chi connectivity index (χ0v) is 10.6. The van der Waals surface area contributed by atoms with Crippen LogP contribution in [-0.2, 0) is 6.42 Å². The molecule has 1 atom stereocenters. The van der Waals surface area contributed by atoms with E-state index in [2.05, 4.69) is 26.8 Å². The average Bonchev–Trinajstić information content (AvgIpc) is 2.26. The Labute approximate surface area is 97.3 Å². The lowest BCUT2D eigenvalue weighted by molar-refractivity contribution is 0.00730. The van der Waals surface area contributed by atoms with Crippen LogP contribution in [0, 0.1) is 20.8 Å². The predicted octanol–water partition coefficient (Wildman–Crippen LogP) is 2.69. The molecule has 1 aliphatic rings. The molecule has 0 unspecified atom stereocenters. The normalized spacial score (nSPS) is 23.8. The van der Waals surface area contributed by atoms with Gasteiger partial charge < -0.3 is 9.84 Å².